The summed E-state index contributed by atoms with van der Waals surface area (Å²) in [5.74, 6) is 0.918. The minimum absolute atomic E-state index is 0.456. The standard InChI is InChI=1S/C11H10N6/c12-10-4-9(16-17-10)6-1-2-8-7(3-6)11(13)15-5-14-8/h1-5H,(H3,12,16,17)(H2,13,14,15). The first-order valence-electron chi connectivity index (χ1n) is 5.05. The van der Waals surface area contributed by atoms with E-state index in [1.54, 1.807) is 6.07 Å². The van der Waals surface area contributed by atoms with Crippen LogP contribution < -0.4 is 11.5 Å². The van der Waals surface area contributed by atoms with E-state index in [0.29, 0.717) is 11.6 Å². The fraction of sp³-hybridized carbons (Fsp3) is 0. The number of nitrogens with two attached hydrogens (primary N) is 2. The van der Waals surface area contributed by atoms with E-state index >= 15 is 0 Å². The zero-order valence-corrected chi connectivity index (χ0v) is 8.88. The fourth-order valence-corrected chi connectivity index (χ4v) is 1.73. The normalized spacial score (nSPS) is 10.8. The summed E-state index contributed by atoms with van der Waals surface area (Å²) in [6, 6.07) is 7.50. The molecule has 0 unspecified atom stereocenters. The Labute approximate surface area is 96.7 Å². The van der Waals surface area contributed by atoms with E-state index in [9.17, 15) is 0 Å². The Bertz CT molecular complexity index is 687. The number of nitrogens with zero attached hydrogens (tertiary/aromatic N) is 3. The quantitative estimate of drug-likeness (QED) is 0.577. The van der Waals surface area contributed by atoms with Gasteiger partial charge in [0.2, 0.25) is 0 Å². The first-order valence-corrected chi connectivity index (χ1v) is 5.05. The number of nitrogens with one attached hydrogen (secondary N) is 1. The Morgan fingerprint density at radius 3 is 2.71 bits per heavy atom. The highest BCUT2D eigenvalue weighted by Gasteiger charge is 2.05. The van der Waals surface area contributed by atoms with E-state index in [1.165, 1.54) is 6.33 Å². The summed E-state index contributed by atoms with van der Waals surface area (Å²) in [4.78, 5) is 8.10. The van der Waals surface area contributed by atoms with Gasteiger partial charge in [0.1, 0.15) is 18.0 Å². The van der Waals surface area contributed by atoms with Crippen LogP contribution >= 0.6 is 0 Å². The minimum atomic E-state index is 0.456. The van der Waals surface area contributed by atoms with Gasteiger partial charge < -0.3 is 11.5 Å². The third-order valence-corrected chi connectivity index (χ3v) is 2.57. The molecule has 0 saturated heterocycles. The van der Waals surface area contributed by atoms with Gasteiger partial charge in [0.15, 0.2) is 0 Å². The molecule has 1 aromatic carbocycles. The maximum Gasteiger partial charge on any atom is 0.145 e. The number of nitrogen functional groups attached to an aromatic ring is 2. The molecule has 0 aliphatic rings. The molecule has 17 heavy (non-hydrogen) atoms. The monoisotopic (exact) mass is 226 g/mol. The van der Waals surface area contributed by atoms with Gasteiger partial charge >= 0.3 is 0 Å². The molecule has 0 atom stereocenters. The van der Waals surface area contributed by atoms with Gasteiger partial charge in [-0.1, -0.05) is 6.07 Å². The van der Waals surface area contributed by atoms with Crippen LogP contribution in [0.4, 0.5) is 11.6 Å². The molecule has 3 rings (SSSR count). The largest absolute Gasteiger partial charge is 0.383 e. The van der Waals surface area contributed by atoms with Gasteiger partial charge in [0.05, 0.1) is 11.2 Å². The molecule has 2 heterocycles. The Morgan fingerprint density at radius 2 is 1.94 bits per heavy atom. The maximum atomic E-state index is 5.81. The second-order valence-corrected chi connectivity index (χ2v) is 3.70. The third kappa shape index (κ3) is 1.55. The Kier molecular flexibility index (Phi) is 1.94. The van der Waals surface area contributed by atoms with Crippen LogP contribution in [0.15, 0.2) is 30.6 Å². The lowest BCUT2D eigenvalue weighted by Gasteiger charge is -2.02. The van der Waals surface area contributed by atoms with E-state index in [4.69, 9.17) is 11.5 Å². The summed E-state index contributed by atoms with van der Waals surface area (Å²) in [6.07, 6.45) is 1.45. The number of anilines is 2. The van der Waals surface area contributed by atoms with Crippen LogP contribution in [0, 0.1) is 0 Å². The van der Waals surface area contributed by atoms with Gasteiger partial charge in [-0.2, -0.15) is 5.10 Å². The molecule has 0 aliphatic heterocycles. The van der Waals surface area contributed by atoms with Crippen molar-refractivity contribution >= 4 is 22.5 Å². The summed E-state index contributed by atoms with van der Waals surface area (Å²) in [7, 11) is 0. The molecule has 0 radical (unpaired) electrons. The zero-order chi connectivity index (χ0) is 11.8. The number of rotatable bonds is 1. The van der Waals surface area contributed by atoms with E-state index < -0.39 is 0 Å². The molecule has 0 bridgehead atoms. The number of benzene rings is 1. The Morgan fingerprint density at radius 1 is 1.06 bits per heavy atom. The number of fused-ring (bicyclic) bond motifs is 1. The van der Waals surface area contributed by atoms with Gasteiger partial charge in [0.25, 0.3) is 0 Å². The number of hydrogen-bond acceptors (Lipinski definition) is 5. The summed E-state index contributed by atoms with van der Waals surface area (Å²) in [5.41, 5.74) is 14.0. The lowest BCUT2D eigenvalue weighted by Crippen LogP contribution is -1.93. The lowest BCUT2D eigenvalue weighted by atomic mass is 10.1. The number of aromatic amines is 1. The highest BCUT2D eigenvalue weighted by Crippen LogP contribution is 2.24. The SMILES string of the molecule is Nc1cc(-c2ccc3ncnc(N)c3c2)[nH]n1. The van der Waals surface area contributed by atoms with Gasteiger partial charge in [-0.25, -0.2) is 9.97 Å². The van der Waals surface area contributed by atoms with Crippen LogP contribution in [0.25, 0.3) is 22.2 Å². The first-order chi connectivity index (χ1) is 8.24. The topological polar surface area (TPSA) is 106 Å². The lowest BCUT2D eigenvalue weighted by molar-refractivity contribution is 1.10. The summed E-state index contributed by atoms with van der Waals surface area (Å²) >= 11 is 0. The summed E-state index contributed by atoms with van der Waals surface area (Å²) in [6.45, 7) is 0. The van der Waals surface area contributed by atoms with E-state index in [1.807, 2.05) is 18.2 Å². The molecule has 0 saturated carbocycles. The van der Waals surface area contributed by atoms with Crippen LogP contribution in [0.5, 0.6) is 0 Å². The van der Waals surface area contributed by atoms with Crippen molar-refractivity contribution in [2.75, 3.05) is 11.5 Å². The second-order valence-electron chi connectivity index (χ2n) is 3.70. The van der Waals surface area contributed by atoms with E-state index in [0.717, 1.165) is 22.2 Å². The van der Waals surface area contributed by atoms with Gasteiger partial charge in [-0.15, -0.1) is 0 Å². The maximum absolute atomic E-state index is 5.81. The summed E-state index contributed by atoms with van der Waals surface area (Å²) in [5, 5.41) is 7.55. The van der Waals surface area contributed by atoms with Crippen molar-refractivity contribution in [1.29, 1.82) is 0 Å². The van der Waals surface area contributed by atoms with Crippen molar-refractivity contribution in [3.05, 3.63) is 30.6 Å². The number of H-pyrrole nitrogens is 1. The molecule has 6 heteroatoms. The minimum Gasteiger partial charge on any atom is -0.383 e. The highest BCUT2D eigenvalue weighted by atomic mass is 15.2. The molecule has 84 valence electrons. The molecule has 0 amide bonds. The predicted molar refractivity (Wildman–Crippen MR) is 65.9 cm³/mol. The molecule has 6 nitrogen and oxygen atoms in total. The molecular formula is C11H10N6. The molecule has 2 aromatic heterocycles. The average Bonchev–Trinajstić information content (AvgIpc) is 2.76. The predicted octanol–water partition coefficient (Wildman–Crippen LogP) is 1.18. The second kappa shape index (κ2) is 3.44. The zero-order valence-electron chi connectivity index (χ0n) is 8.88. The van der Waals surface area contributed by atoms with Gasteiger partial charge in [-0.05, 0) is 12.1 Å². The molecule has 0 aliphatic carbocycles. The number of hydrogen-bond donors (Lipinski definition) is 3. The van der Waals surface area contributed by atoms with Crippen LogP contribution in [0.3, 0.4) is 0 Å². The molecule has 3 aromatic rings. The van der Waals surface area contributed by atoms with Crippen LogP contribution in [0.1, 0.15) is 0 Å². The molecular weight excluding hydrogens is 216 g/mol. The van der Waals surface area contributed by atoms with E-state index in [2.05, 4.69) is 20.2 Å². The fourth-order valence-electron chi connectivity index (χ4n) is 1.73. The van der Waals surface area contributed by atoms with Crippen molar-refractivity contribution in [2.45, 2.75) is 0 Å². The molecule has 0 spiro atoms. The average molecular weight is 226 g/mol. The van der Waals surface area contributed by atoms with Crippen molar-refractivity contribution in [1.82, 2.24) is 20.2 Å². The third-order valence-electron chi connectivity index (χ3n) is 2.57. The van der Waals surface area contributed by atoms with Gasteiger partial charge in [0, 0.05) is 17.0 Å². The van der Waals surface area contributed by atoms with Crippen molar-refractivity contribution in [3.8, 4) is 11.3 Å². The Hall–Kier alpha value is -2.63. The summed E-state index contributed by atoms with van der Waals surface area (Å²) < 4.78 is 0. The van der Waals surface area contributed by atoms with Crippen molar-refractivity contribution in [3.63, 3.8) is 0 Å². The highest BCUT2D eigenvalue weighted by molar-refractivity contribution is 5.91. The number of aromatic nitrogens is 4. The Balaban J connectivity index is 2.22. The van der Waals surface area contributed by atoms with Crippen LogP contribution in [0.2, 0.25) is 0 Å². The van der Waals surface area contributed by atoms with Crippen molar-refractivity contribution < 1.29 is 0 Å². The van der Waals surface area contributed by atoms with Crippen LogP contribution in [-0.4, -0.2) is 20.2 Å². The molecule has 5 N–H and O–H groups in total. The molecule has 0 fully saturated rings. The van der Waals surface area contributed by atoms with E-state index in [-0.39, 0.29) is 0 Å². The van der Waals surface area contributed by atoms with Crippen molar-refractivity contribution in [2.24, 2.45) is 0 Å². The first kappa shape index (κ1) is 9.59. The van der Waals surface area contributed by atoms with Gasteiger partial charge in [-0.3, -0.25) is 5.10 Å². The smallest absolute Gasteiger partial charge is 0.145 e. The van der Waals surface area contributed by atoms with Crippen LogP contribution in [-0.2, 0) is 0 Å².